The van der Waals surface area contributed by atoms with Gasteiger partial charge in [0.05, 0.1) is 23.8 Å². The topological polar surface area (TPSA) is 37.0 Å². The molecular weight excluding hydrogens is 210 g/mol. The van der Waals surface area contributed by atoms with Crippen LogP contribution in [-0.2, 0) is 0 Å². The average Bonchev–Trinajstić information content (AvgIpc) is 2.37. The summed E-state index contributed by atoms with van der Waals surface area (Å²) >= 11 is 0. The Balaban J connectivity index is 2.27. The van der Waals surface area contributed by atoms with Crippen LogP contribution in [0.4, 0.5) is 11.4 Å². The summed E-state index contributed by atoms with van der Waals surface area (Å²) in [6.45, 7) is 6.44. The number of nitrogens with one attached hydrogen (secondary N) is 2. The quantitative estimate of drug-likeness (QED) is 0.637. The SMILES string of the molecule is CCCCCCNc1cncc(NCCC)c1. The molecule has 1 heterocycles. The predicted molar refractivity (Wildman–Crippen MR) is 75.6 cm³/mol. The zero-order chi connectivity index (χ0) is 12.3. The van der Waals surface area contributed by atoms with Gasteiger partial charge in [0.25, 0.3) is 0 Å². The van der Waals surface area contributed by atoms with Gasteiger partial charge in [0.15, 0.2) is 0 Å². The molecule has 17 heavy (non-hydrogen) atoms. The standard InChI is InChI=1S/C14H25N3/c1-3-5-6-7-9-17-14-10-13(11-15-12-14)16-8-4-2/h10-12,16-17H,3-9H2,1-2H3. The van der Waals surface area contributed by atoms with Crippen molar-refractivity contribution in [2.75, 3.05) is 23.7 Å². The highest BCUT2D eigenvalue weighted by molar-refractivity contribution is 5.53. The number of pyridine rings is 1. The van der Waals surface area contributed by atoms with E-state index in [1.54, 1.807) is 0 Å². The van der Waals surface area contributed by atoms with Gasteiger partial charge in [-0.25, -0.2) is 0 Å². The Hall–Kier alpha value is -1.25. The molecule has 0 aliphatic carbocycles. The first-order valence-electron chi connectivity index (χ1n) is 6.79. The van der Waals surface area contributed by atoms with Crippen molar-refractivity contribution in [2.24, 2.45) is 0 Å². The molecule has 0 amide bonds. The van der Waals surface area contributed by atoms with Crippen molar-refractivity contribution in [3.05, 3.63) is 18.5 Å². The van der Waals surface area contributed by atoms with E-state index in [1.165, 1.54) is 25.7 Å². The van der Waals surface area contributed by atoms with E-state index in [4.69, 9.17) is 0 Å². The number of nitrogens with zero attached hydrogens (tertiary/aromatic N) is 1. The van der Waals surface area contributed by atoms with Gasteiger partial charge in [0, 0.05) is 13.1 Å². The number of unbranched alkanes of at least 4 members (excludes halogenated alkanes) is 3. The van der Waals surface area contributed by atoms with Gasteiger partial charge in [-0.1, -0.05) is 33.1 Å². The van der Waals surface area contributed by atoms with Crippen molar-refractivity contribution < 1.29 is 0 Å². The van der Waals surface area contributed by atoms with Gasteiger partial charge in [-0.3, -0.25) is 4.98 Å². The van der Waals surface area contributed by atoms with Crippen LogP contribution in [0.1, 0.15) is 46.0 Å². The number of anilines is 2. The maximum Gasteiger partial charge on any atom is 0.0547 e. The summed E-state index contributed by atoms with van der Waals surface area (Å²) in [5.41, 5.74) is 2.22. The van der Waals surface area contributed by atoms with Crippen LogP contribution in [0.15, 0.2) is 18.5 Å². The van der Waals surface area contributed by atoms with Gasteiger partial charge in [-0.2, -0.15) is 0 Å². The second kappa shape index (κ2) is 8.85. The highest BCUT2D eigenvalue weighted by Crippen LogP contribution is 2.13. The van der Waals surface area contributed by atoms with Gasteiger partial charge in [-0.15, -0.1) is 0 Å². The molecule has 0 bridgehead atoms. The Morgan fingerprint density at radius 3 is 2.24 bits per heavy atom. The Morgan fingerprint density at radius 2 is 1.59 bits per heavy atom. The third kappa shape index (κ3) is 6.15. The summed E-state index contributed by atoms with van der Waals surface area (Å²) in [4.78, 5) is 4.23. The molecule has 1 aromatic rings. The lowest BCUT2D eigenvalue weighted by Crippen LogP contribution is -2.04. The van der Waals surface area contributed by atoms with E-state index in [1.807, 2.05) is 12.4 Å². The van der Waals surface area contributed by atoms with Gasteiger partial charge in [-0.05, 0) is 18.9 Å². The predicted octanol–water partition coefficient (Wildman–Crippen LogP) is 3.90. The molecule has 1 aromatic heterocycles. The van der Waals surface area contributed by atoms with E-state index in [-0.39, 0.29) is 0 Å². The van der Waals surface area contributed by atoms with E-state index >= 15 is 0 Å². The first kappa shape index (κ1) is 13.8. The van der Waals surface area contributed by atoms with Gasteiger partial charge < -0.3 is 10.6 Å². The van der Waals surface area contributed by atoms with Gasteiger partial charge in [0.2, 0.25) is 0 Å². The maximum atomic E-state index is 4.23. The Morgan fingerprint density at radius 1 is 0.882 bits per heavy atom. The van der Waals surface area contributed by atoms with E-state index in [0.29, 0.717) is 0 Å². The van der Waals surface area contributed by atoms with Crippen LogP contribution >= 0.6 is 0 Å². The molecule has 2 N–H and O–H groups in total. The summed E-state index contributed by atoms with van der Waals surface area (Å²) in [6.07, 6.45) is 10.1. The van der Waals surface area contributed by atoms with Gasteiger partial charge in [0.1, 0.15) is 0 Å². The monoisotopic (exact) mass is 235 g/mol. The average molecular weight is 235 g/mol. The molecule has 0 aliphatic heterocycles. The highest BCUT2D eigenvalue weighted by atomic mass is 14.9. The molecule has 0 fully saturated rings. The molecule has 1 rings (SSSR count). The largest absolute Gasteiger partial charge is 0.384 e. The summed E-state index contributed by atoms with van der Waals surface area (Å²) < 4.78 is 0. The van der Waals surface area contributed by atoms with Crippen LogP contribution in [0, 0.1) is 0 Å². The minimum Gasteiger partial charge on any atom is -0.384 e. The molecule has 96 valence electrons. The molecule has 3 heteroatoms. The number of hydrogen-bond acceptors (Lipinski definition) is 3. The molecule has 0 unspecified atom stereocenters. The summed E-state index contributed by atoms with van der Waals surface area (Å²) in [6, 6.07) is 2.13. The normalized spacial score (nSPS) is 10.2. The van der Waals surface area contributed by atoms with E-state index in [2.05, 4.69) is 35.5 Å². The molecular formula is C14H25N3. The number of aromatic nitrogens is 1. The zero-order valence-corrected chi connectivity index (χ0v) is 11.1. The summed E-state index contributed by atoms with van der Waals surface area (Å²) in [7, 11) is 0. The molecule has 0 saturated heterocycles. The van der Waals surface area contributed by atoms with E-state index < -0.39 is 0 Å². The molecule has 0 saturated carbocycles. The Kier molecular flexibility index (Phi) is 7.19. The molecule has 0 aromatic carbocycles. The Labute approximate surface area is 105 Å². The Bertz CT molecular complexity index is 299. The van der Waals surface area contributed by atoms with Crippen molar-refractivity contribution in [1.29, 1.82) is 0 Å². The second-order valence-corrected chi connectivity index (χ2v) is 4.38. The van der Waals surface area contributed by atoms with Crippen LogP contribution in [0.25, 0.3) is 0 Å². The van der Waals surface area contributed by atoms with Crippen LogP contribution in [0.5, 0.6) is 0 Å². The number of rotatable bonds is 9. The smallest absolute Gasteiger partial charge is 0.0547 e. The lowest BCUT2D eigenvalue weighted by atomic mass is 10.2. The van der Waals surface area contributed by atoms with Crippen molar-refractivity contribution >= 4 is 11.4 Å². The van der Waals surface area contributed by atoms with Crippen LogP contribution in [-0.4, -0.2) is 18.1 Å². The maximum absolute atomic E-state index is 4.23. The number of hydrogen-bond donors (Lipinski definition) is 2. The van der Waals surface area contributed by atoms with Crippen molar-refractivity contribution in [3.63, 3.8) is 0 Å². The molecule has 0 radical (unpaired) electrons. The molecule has 0 spiro atoms. The van der Waals surface area contributed by atoms with E-state index in [0.717, 1.165) is 30.9 Å². The third-order valence-corrected chi connectivity index (χ3v) is 2.68. The first-order valence-corrected chi connectivity index (χ1v) is 6.79. The highest BCUT2D eigenvalue weighted by Gasteiger charge is 1.95. The molecule has 0 atom stereocenters. The zero-order valence-electron chi connectivity index (χ0n) is 11.1. The third-order valence-electron chi connectivity index (χ3n) is 2.68. The van der Waals surface area contributed by atoms with Crippen LogP contribution in [0.3, 0.4) is 0 Å². The van der Waals surface area contributed by atoms with Crippen molar-refractivity contribution in [2.45, 2.75) is 46.0 Å². The minimum absolute atomic E-state index is 1.00. The first-order chi connectivity index (χ1) is 8.36. The van der Waals surface area contributed by atoms with Crippen LogP contribution in [0.2, 0.25) is 0 Å². The van der Waals surface area contributed by atoms with Crippen molar-refractivity contribution in [1.82, 2.24) is 4.98 Å². The summed E-state index contributed by atoms with van der Waals surface area (Å²) in [5.74, 6) is 0. The minimum atomic E-state index is 1.00. The summed E-state index contributed by atoms with van der Waals surface area (Å²) in [5, 5.41) is 6.76. The fraction of sp³-hybridized carbons (Fsp3) is 0.643. The lowest BCUT2D eigenvalue weighted by molar-refractivity contribution is 0.685. The molecule has 0 aliphatic rings. The van der Waals surface area contributed by atoms with E-state index in [9.17, 15) is 0 Å². The fourth-order valence-corrected chi connectivity index (χ4v) is 1.69. The fourth-order valence-electron chi connectivity index (χ4n) is 1.69. The second-order valence-electron chi connectivity index (χ2n) is 4.38. The molecule has 3 nitrogen and oxygen atoms in total. The van der Waals surface area contributed by atoms with Crippen molar-refractivity contribution in [3.8, 4) is 0 Å². The lowest BCUT2D eigenvalue weighted by Gasteiger charge is -2.08. The van der Waals surface area contributed by atoms with Gasteiger partial charge >= 0.3 is 0 Å². The van der Waals surface area contributed by atoms with Crippen LogP contribution < -0.4 is 10.6 Å².